The summed E-state index contributed by atoms with van der Waals surface area (Å²) < 4.78 is 34.7. The molecule has 0 aliphatic carbocycles. The minimum Gasteiger partial charge on any atom is -0.462 e. The summed E-state index contributed by atoms with van der Waals surface area (Å²) in [5, 5.41) is 0. The molecule has 0 fully saturated rings. The van der Waals surface area contributed by atoms with E-state index in [2.05, 4.69) is 135 Å². The molecule has 2 atom stereocenters. The highest BCUT2D eigenvalue weighted by molar-refractivity contribution is 7.47. The van der Waals surface area contributed by atoms with Crippen molar-refractivity contribution in [1.29, 1.82) is 0 Å². The van der Waals surface area contributed by atoms with E-state index < -0.39 is 26.5 Å². The van der Waals surface area contributed by atoms with Crippen molar-refractivity contribution in [2.24, 2.45) is 0 Å². The maximum Gasteiger partial charge on any atom is 0.472 e. The van der Waals surface area contributed by atoms with Crippen LogP contribution in [0.15, 0.2) is 122 Å². The van der Waals surface area contributed by atoms with Gasteiger partial charge in [-0.3, -0.25) is 18.6 Å². The second-order valence-electron chi connectivity index (χ2n) is 25.2. The molecule has 0 heterocycles. The van der Waals surface area contributed by atoms with Gasteiger partial charge >= 0.3 is 19.8 Å². The molecule has 0 spiro atoms. The number of unbranched alkanes of at least 4 members (excludes halogenated alkanes) is 32. The van der Waals surface area contributed by atoms with Gasteiger partial charge in [-0.25, -0.2) is 4.57 Å². The quantitative estimate of drug-likeness (QED) is 0.0211. The molecule has 0 saturated heterocycles. The molecule has 0 aromatic heterocycles. The molecule has 2 unspecified atom stereocenters. The summed E-state index contributed by atoms with van der Waals surface area (Å²) in [5.74, 6) is -0.798. The Morgan fingerprint density at radius 1 is 0.352 bits per heavy atom. The van der Waals surface area contributed by atoms with Crippen molar-refractivity contribution in [2.45, 2.75) is 315 Å². The molecule has 0 saturated carbocycles. The monoisotopic (exact) mass is 1250 g/mol. The van der Waals surface area contributed by atoms with Gasteiger partial charge in [0.1, 0.15) is 19.8 Å². The topological polar surface area (TPSA) is 108 Å². The normalized spacial score (nSPS) is 13.8. The van der Waals surface area contributed by atoms with E-state index >= 15 is 0 Å². The Bertz CT molecular complexity index is 1900. The molecule has 0 amide bonds. The zero-order valence-electron chi connectivity index (χ0n) is 57.7. The number of esters is 2. The van der Waals surface area contributed by atoms with E-state index in [4.69, 9.17) is 18.5 Å². The molecule has 0 bridgehead atoms. The van der Waals surface area contributed by atoms with Crippen LogP contribution >= 0.6 is 7.82 Å². The number of phosphoric acid groups is 1. The van der Waals surface area contributed by atoms with Gasteiger partial charge in [0.25, 0.3) is 0 Å². The summed E-state index contributed by atoms with van der Waals surface area (Å²) >= 11 is 0. The Morgan fingerprint density at radius 2 is 0.614 bits per heavy atom. The molecule has 0 aromatic rings. The number of quaternary nitrogens is 1. The first-order chi connectivity index (χ1) is 43.0. The van der Waals surface area contributed by atoms with Crippen LogP contribution in [-0.4, -0.2) is 74.9 Å². The van der Waals surface area contributed by atoms with Gasteiger partial charge in [0, 0.05) is 12.8 Å². The van der Waals surface area contributed by atoms with Crippen molar-refractivity contribution in [1.82, 2.24) is 0 Å². The van der Waals surface area contributed by atoms with Crippen LogP contribution in [0.25, 0.3) is 0 Å². The Kier molecular flexibility index (Phi) is 65.0. The van der Waals surface area contributed by atoms with E-state index in [1.165, 1.54) is 167 Å². The third kappa shape index (κ3) is 71.5. The first kappa shape index (κ1) is 84.4. The number of allylic oxidation sites excluding steroid dienone is 20. The Hall–Kier alpha value is -3.59. The van der Waals surface area contributed by atoms with Crippen LogP contribution in [0.5, 0.6) is 0 Å². The zero-order valence-corrected chi connectivity index (χ0v) is 58.6. The third-order valence-electron chi connectivity index (χ3n) is 15.5. The molecule has 10 heteroatoms. The number of rotatable bonds is 66. The highest BCUT2D eigenvalue weighted by Crippen LogP contribution is 2.43. The van der Waals surface area contributed by atoms with Gasteiger partial charge in [-0.2, -0.15) is 0 Å². The molecule has 0 radical (unpaired) electrons. The van der Waals surface area contributed by atoms with Gasteiger partial charge in [-0.05, 0) is 103 Å². The van der Waals surface area contributed by atoms with Crippen LogP contribution in [0.1, 0.15) is 309 Å². The first-order valence-corrected chi connectivity index (χ1v) is 37.8. The molecule has 0 rings (SSSR count). The maximum atomic E-state index is 12.9. The number of likely N-dealkylation sites (N-methyl/N-ethyl adjacent to an activating group) is 1. The van der Waals surface area contributed by atoms with Crippen molar-refractivity contribution >= 4 is 19.8 Å². The Morgan fingerprint density at radius 3 is 0.909 bits per heavy atom. The second-order valence-corrected chi connectivity index (χ2v) is 26.7. The molecule has 88 heavy (non-hydrogen) atoms. The number of carbonyl (C=O) groups is 2. The average molecular weight is 1250 g/mol. The van der Waals surface area contributed by atoms with Crippen LogP contribution in [0.3, 0.4) is 0 Å². The molecule has 0 aliphatic rings. The zero-order chi connectivity index (χ0) is 64.1. The first-order valence-electron chi connectivity index (χ1n) is 36.3. The minimum absolute atomic E-state index is 0.0275. The largest absolute Gasteiger partial charge is 0.472 e. The number of ether oxygens (including phenoxy) is 2. The van der Waals surface area contributed by atoms with Crippen molar-refractivity contribution < 1.29 is 42.1 Å². The number of hydrogen-bond donors (Lipinski definition) is 1. The minimum atomic E-state index is -4.40. The van der Waals surface area contributed by atoms with Crippen molar-refractivity contribution in [2.75, 3.05) is 47.5 Å². The average Bonchev–Trinajstić information content (AvgIpc) is 3.68. The van der Waals surface area contributed by atoms with Gasteiger partial charge in [0.05, 0.1) is 27.7 Å². The molecular formula is C78H137NO8P+. The molecule has 1 N–H and O–H groups in total. The van der Waals surface area contributed by atoms with Crippen LogP contribution in [0.2, 0.25) is 0 Å². The standard InChI is InChI=1S/C78H136NO8P/c1-6-8-10-12-14-16-18-20-22-24-26-28-30-32-33-34-35-36-37-38-39-40-41-42-43-44-45-47-49-51-53-55-57-59-61-63-65-67-69-71-78(81)87-76(75-86-88(82,83)85-73-72-79(3,4)5)74-84-77(80)70-68-66-64-62-60-58-56-54-52-50-48-46-31-29-27-25-23-21-19-17-15-13-11-9-7-2/h8-11,14-17,20-23,26-29,32-33,46,48,76H,6-7,12-13,18-19,24-25,30-31,34-45,47,49-75H2,1-5H3/p+1/b10-8-,11-9-,16-14-,17-15-,22-20-,23-21-,28-26-,29-27-,33-32-,48-46-. The lowest BCUT2D eigenvalue weighted by Crippen LogP contribution is -2.37. The van der Waals surface area contributed by atoms with E-state index in [1.54, 1.807) is 0 Å². The van der Waals surface area contributed by atoms with Crippen LogP contribution in [0.4, 0.5) is 0 Å². The van der Waals surface area contributed by atoms with Gasteiger partial charge in [-0.15, -0.1) is 0 Å². The Labute approximate surface area is 543 Å². The molecule has 506 valence electrons. The molecule has 9 nitrogen and oxygen atoms in total. The van der Waals surface area contributed by atoms with Gasteiger partial charge in [0.15, 0.2) is 6.10 Å². The predicted molar refractivity (Wildman–Crippen MR) is 381 cm³/mol. The highest BCUT2D eigenvalue weighted by Gasteiger charge is 2.27. The van der Waals surface area contributed by atoms with E-state index in [0.29, 0.717) is 17.4 Å². The summed E-state index contributed by atoms with van der Waals surface area (Å²) in [6.45, 7) is 4.22. The highest BCUT2D eigenvalue weighted by atomic mass is 31.2. The second kappa shape index (κ2) is 67.8. The predicted octanol–water partition coefficient (Wildman–Crippen LogP) is 23.8. The van der Waals surface area contributed by atoms with Crippen molar-refractivity contribution in [3.05, 3.63) is 122 Å². The van der Waals surface area contributed by atoms with Crippen LogP contribution < -0.4 is 0 Å². The maximum absolute atomic E-state index is 12.9. The summed E-state index contributed by atoms with van der Waals surface area (Å²) in [6, 6.07) is 0. The number of hydrogen-bond acceptors (Lipinski definition) is 7. The van der Waals surface area contributed by atoms with Gasteiger partial charge in [-0.1, -0.05) is 315 Å². The fourth-order valence-corrected chi connectivity index (χ4v) is 10.8. The summed E-state index contributed by atoms with van der Waals surface area (Å²) in [7, 11) is 1.47. The molecule has 0 aromatic carbocycles. The van der Waals surface area contributed by atoms with Crippen molar-refractivity contribution in [3.63, 3.8) is 0 Å². The summed E-state index contributed by atoms with van der Waals surface area (Å²) in [4.78, 5) is 35.9. The van der Waals surface area contributed by atoms with Crippen molar-refractivity contribution in [3.8, 4) is 0 Å². The lowest BCUT2D eigenvalue weighted by molar-refractivity contribution is -0.870. The summed E-state index contributed by atoms with van der Waals surface area (Å²) in [5.41, 5.74) is 0. The fourth-order valence-electron chi connectivity index (χ4n) is 10.0. The van der Waals surface area contributed by atoms with E-state index in [0.717, 1.165) is 109 Å². The van der Waals surface area contributed by atoms with E-state index in [1.807, 2.05) is 21.1 Å². The van der Waals surface area contributed by atoms with Crippen LogP contribution in [0, 0.1) is 0 Å². The third-order valence-corrected chi connectivity index (χ3v) is 16.5. The fraction of sp³-hybridized carbons (Fsp3) is 0.718. The molecule has 0 aliphatic heterocycles. The van der Waals surface area contributed by atoms with Crippen LogP contribution in [-0.2, 0) is 32.7 Å². The smallest absolute Gasteiger partial charge is 0.462 e. The SMILES string of the molecule is CC/C=C\C/C=C\C/C=C\C/C=C\C/C=C\CCCCCCCCCCCCCCCCCCCCCCCCCC(=O)OC(COC(=O)CCCCCCCCCCC/C=C\C/C=C\C/C=C\C/C=C\C/C=C\CC)COP(=O)(O)OCC[N+](C)(C)C. The van der Waals surface area contributed by atoms with Gasteiger partial charge in [0.2, 0.25) is 0 Å². The summed E-state index contributed by atoms with van der Waals surface area (Å²) in [6.07, 6.45) is 97.4. The van der Waals surface area contributed by atoms with E-state index in [9.17, 15) is 19.0 Å². The Balaban J connectivity index is 3.98. The lowest BCUT2D eigenvalue weighted by Gasteiger charge is -2.24. The lowest BCUT2D eigenvalue weighted by atomic mass is 10.0. The van der Waals surface area contributed by atoms with E-state index in [-0.39, 0.29) is 32.0 Å². The van der Waals surface area contributed by atoms with Gasteiger partial charge < -0.3 is 18.9 Å². The number of nitrogens with zero attached hydrogens (tertiary/aromatic N) is 1. The molecular weight excluding hydrogens is 1110 g/mol. The number of carbonyl (C=O) groups excluding carboxylic acids is 2. The number of phosphoric ester groups is 1.